The number of rotatable bonds is 4. The van der Waals surface area contributed by atoms with Gasteiger partial charge in [0.2, 0.25) is 5.91 Å². The van der Waals surface area contributed by atoms with Gasteiger partial charge < -0.3 is 5.32 Å². The maximum Gasteiger partial charge on any atom is 0.237 e. The average Bonchev–Trinajstić information content (AvgIpc) is 2.42. The first-order valence-corrected chi connectivity index (χ1v) is 7.19. The zero-order chi connectivity index (χ0) is 13.7. The maximum absolute atomic E-state index is 12.1. The number of amides is 1. The lowest BCUT2D eigenvalue weighted by atomic mass is 10.3. The molecule has 0 spiro atoms. The third kappa shape index (κ3) is 4.01. The number of para-hydroxylation sites is 1. The molecule has 2 rings (SSSR count). The third-order valence-corrected chi connectivity index (χ3v) is 4.17. The van der Waals surface area contributed by atoms with Gasteiger partial charge in [0.15, 0.2) is 0 Å². The molecule has 0 saturated carbocycles. The second-order valence-corrected chi connectivity index (χ2v) is 5.84. The Labute approximate surface area is 122 Å². The van der Waals surface area contributed by atoms with Gasteiger partial charge in [-0.15, -0.1) is 11.8 Å². The molecule has 0 saturated heterocycles. The second-order valence-electron chi connectivity index (χ2n) is 4.05. The first-order valence-electron chi connectivity index (χ1n) is 5.94. The SMILES string of the molecule is CC(Sc1ccccc1Cl)C(=O)Nc1ccccc1. The Kier molecular flexibility index (Phi) is 4.88. The molecular formula is C15H14ClNOS. The zero-order valence-corrected chi connectivity index (χ0v) is 12.0. The van der Waals surface area contributed by atoms with E-state index in [1.54, 1.807) is 0 Å². The van der Waals surface area contributed by atoms with E-state index in [0.717, 1.165) is 10.6 Å². The quantitative estimate of drug-likeness (QED) is 0.843. The van der Waals surface area contributed by atoms with Crippen molar-refractivity contribution < 1.29 is 4.79 Å². The second kappa shape index (κ2) is 6.64. The minimum absolute atomic E-state index is 0.0314. The third-order valence-electron chi connectivity index (χ3n) is 2.55. The molecule has 1 atom stereocenters. The van der Waals surface area contributed by atoms with Crippen LogP contribution in [-0.2, 0) is 4.79 Å². The number of benzene rings is 2. The lowest BCUT2D eigenvalue weighted by Gasteiger charge is -2.12. The molecule has 0 aromatic heterocycles. The van der Waals surface area contributed by atoms with Crippen LogP contribution in [0.25, 0.3) is 0 Å². The molecule has 19 heavy (non-hydrogen) atoms. The van der Waals surface area contributed by atoms with Gasteiger partial charge in [-0.2, -0.15) is 0 Å². The summed E-state index contributed by atoms with van der Waals surface area (Å²) >= 11 is 7.53. The Morgan fingerprint density at radius 1 is 1.11 bits per heavy atom. The first kappa shape index (κ1) is 14.0. The van der Waals surface area contributed by atoms with Gasteiger partial charge in [-0.3, -0.25) is 4.79 Å². The number of carbonyl (C=O) groups excluding carboxylic acids is 1. The fraction of sp³-hybridized carbons (Fsp3) is 0.133. The summed E-state index contributed by atoms with van der Waals surface area (Å²) in [6.45, 7) is 1.87. The van der Waals surface area contributed by atoms with E-state index in [1.165, 1.54) is 11.8 Å². The van der Waals surface area contributed by atoms with Crippen LogP contribution in [0, 0.1) is 0 Å². The highest BCUT2D eigenvalue weighted by Crippen LogP contribution is 2.30. The van der Waals surface area contributed by atoms with Crippen LogP contribution in [0.15, 0.2) is 59.5 Å². The molecule has 0 aliphatic heterocycles. The summed E-state index contributed by atoms with van der Waals surface area (Å²) in [7, 11) is 0. The maximum atomic E-state index is 12.1. The molecule has 98 valence electrons. The standard InChI is InChI=1S/C15H14ClNOS/c1-11(19-14-10-6-5-9-13(14)16)15(18)17-12-7-3-2-4-8-12/h2-11H,1H3,(H,17,18). The number of anilines is 1. The van der Waals surface area contributed by atoms with Crippen molar-refractivity contribution in [1.82, 2.24) is 0 Å². The summed E-state index contributed by atoms with van der Waals surface area (Å²) < 4.78 is 0. The van der Waals surface area contributed by atoms with Gasteiger partial charge in [0.05, 0.1) is 10.3 Å². The lowest BCUT2D eigenvalue weighted by molar-refractivity contribution is -0.115. The number of carbonyl (C=O) groups is 1. The largest absolute Gasteiger partial charge is 0.325 e. The van der Waals surface area contributed by atoms with E-state index in [9.17, 15) is 4.79 Å². The predicted octanol–water partition coefficient (Wildman–Crippen LogP) is 4.46. The monoisotopic (exact) mass is 291 g/mol. The van der Waals surface area contributed by atoms with Crippen LogP contribution in [0.4, 0.5) is 5.69 Å². The minimum atomic E-state index is -0.208. The highest BCUT2D eigenvalue weighted by atomic mass is 35.5. The molecule has 2 nitrogen and oxygen atoms in total. The van der Waals surface area contributed by atoms with Crippen LogP contribution in [0.3, 0.4) is 0 Å². The van der Waals surface area contributed by atoms with Gasteiger partial charge in [-0.25, -0.2) is 0 Å². The Bertz CT molecular complexity index is 559. The smallest absolute Gasteiger partial charge is 0.237 e. The molecule has 0 bridgehead atoms. The average molecular weight is 292 g/mol. The molecular weight excluding hydrogens is 278 g/mol. The Morgan fingerprint density at radius 3 is 2.42 bits per heavy atom. The van der Waals surface area contributed by atoms with E-state index in [1.807, 2.05) is 61.5 Å². The Hall–Kier alpha value is -1.45. The number of nitrogens with one attached hydrogen (secondary N) is 1. The Morgan fingerprint density at radius 2 is 1.74 bits per heavy atom. The molecule has 0 radical (unpaired) electrons. The van der Waals surface area contributed by atoms with Crippen LogP contribution in [0.5, 0.6) is 0 Å². The summed E-state index contributed by atoms with van der Waals surface area (Å²) in [6.07, 6.45) is 0. The lowest BCUT2D eigenvalue weighted by Crippen LogP contribution is -2.22. The molecule has 0 aliphatic carbocycles. The summed E-state index contributed by atoms with van der Waals surface area (Å²) in [5.74, 6) is -0.0314. The molecule has 0 heterocycles. The van der Waals surface area contributed by atoms with Crippen molar-refractivity contribution in [2.45, 2.75) is 17.1 Å². The summed E-state index contributed by atoms with van der Waals surface area (Å²) in [6, 6.07) is 17.0. The van der Waals surface area contributed by atoms with Gasteiger partial charge in [-0.05, 0) is 31.2 Å². The minimum Gasteiger partial charge on any atom is -0.325 e. The van der Waals surface area contributed by atoms with Gasteiger partial charge >= 0.3 is 0 Å². The van der Waals surface area contributed by atoms with Gasteiger partial charge in [0, 0.05) is 10.6 Å². The fourth-order valence-electron chi connectivity index (χ4n) is 1.55. The van der Waals surface area contributed by atoms with Crippen molar-refractivity contribution in [1.29, 1.82) is 0 Å². The molecule has 4 heteroatoms. The summed E-state index contributed by atoms with van der Waals surface area (Å²) in [5, 5.41) is 3.34. The molecule has 0 aliphatic rings. The highest BCUT2D eigenvalue weighted by molar-refractivity contribution is 8.00. The van der Waals surface area contributed by atoms with Gasteiger partial charge in [0.1, 0.15) is 0 Å². The number of hydrogen-bond donors (Lipinski definition) is 1. The van der Waals surface area contributed by atoms with Crippen molar-refractivity contribution in [3.63, 3.8) is 0 Å². The molecule has 2 aromatic rings. The molecule has 1 amide bonds. The van der Waals surface area contributed by atoms with Gasteiger partial charge in [0.25, 0.3) is 0 Å². The fourth-order valence-corrected chi connectivity index (χ4v) is 2.70. The number of halogens is 1. The topological polar surface area (TPSA) is 29.1 Å². The summed E-state index contributed by atoms with van der Waals surface area (Å²) in [4.78, 5) is 13.0. The van der Waals surface area contributed by atoms with Crippen molar-refractivity contribution >= 4 is 35.0 Å². The molecule has 1 N–H and O–H groups in total. The number of hydrogen-bond acceptors (Lipinski definition) is 2. The van der Waals surface area contributed by atoms with Crippen LogP contribution in [0.2, 0.25) is 5.02 Å². The van der Waals surface area contributed by atoms with Crippen molar-refractivity contribution in [2.75, 3.05) is 5.32 Å². The van der Waals surface area contributed by atoms with E-state index < -0.39 is 0 Å². The van der Waals surface area contributed by atoms with Crippen molar-refractivity contribution in [3.05, 3.63) is 59.6 Å². The van der Waals surface area contributed by atoms with E-state index >= 15 is 0 Å². The van der Waals surface area contributed by atoms with Crippen LogP contribution in [0.1, 0.15) is 6.92 Å². The zero-order valence-electron chi connectivity index (χ0n) is 10.5. The number of thioether (sulfide) groups is 1. The van der Waals surface area contributed by atoms with E-state index in [2.05, 4.69) is 5.32 Å². The van der Waals surface area contributed by atoms with Crippen LogP contribution < -0.4 is 5.32 Å². The van der Waals surface area contributed by atoms with E-state index in [0.29, 0.717) is 5.02 Å². The highest BCUT2D eigenvalue weighted by Gasteiger charge is 2.15. The predicted molar refractivity (Wildman–Crippen MR) is 81.8 cm³/mol. The van der Waals surface area contributed by atoms with Crippen molar-refractivity contribution in [3.8, 4) is 0 Å². The van der Waals surface area contributed by atoms with Crippen molar-refractivity contribution in [2.24, 2.45) is 0 Å². The Balaban J connectivity index is 1.98. The normalized spacial score (nSPS) is 11.9. The summed E-state index contributed by atoms with van der Waals surface area (Å²) in [5.41, 5.74) is 0.805. The van der Waals surface area contributed by atoms with E-state index in [4.69, 9.17) is 11.6 Å². The van der Waals surface area contributed by atoms with E-state index in [-0.39, 0.29) is 11.2 Å². The van der Waals surface area contributed by atoms with Crippen LogP contribution in [-0.4, -0.2) is 11.2 Å². The van der Waals surface area contributed by atoms with Gasteiger partial charge in [-0.1, -0.05) is 41.9 Å². The van der Waals surface area contributed by atoms with Crippen LogP contribution >= 0.6 is 23.4 Å². The molecule has 2 aromatic carbocycles. The first-order chi connectivity index (χ1) is 9.16. The molecule has 0 fully saturated rings. The molecule has 1 unspecified atom stereocenters.